The van der Waals surface area contributed by atoms with Crippen LogP contribution in [0.25, 0.3) is 0 Å². The SMILES string of the molecule is C=CCN(CC(=O)O)C(=O)c1cc([N+](=O)[O-])cn1CCC. The molecule has 1 N–H and O–H groups in total. The maximum atomic E-state index is 12.4. The van der Waals surface area contributed by atoms with Gasteiger partial charge in [-0.25, -0.2) is 0 Å². The minimum absolute atomic E-state index is 0.0518. The second-order valence-corrected chi connectivity index (χ2v) is 4.40. The predicted octanol–water partition coefficient (Wildman–Crippen LogP) is 1.52. The number of carboxylic acid groups (broad SMARTS) is 1. The first-order valence-corrected chi connectivity index (χ1v) is 6.37. The van der Waals surface area contributed by atoms with Gasteiger partial charge in [0.15, 0.2) is 0 Å². The number of aliphatic carboxylic acids is 1. The highest BCUT2D eigenvalue weighted by molar-refractivity contribution is 5.95. The maximum absolute atomic E-state index is 12.4. The third-order valence-electron chi connectivity index (χ3n) is 2.74. The Morgan fingerprint density at radius 1 is 1.57 bits per heavy atom. The van der Waals surface area contributed by atoms with Crippen LogP contribution in [0.15, 0.2) is 24.9 Å². The molecule has 1 aromatic heterocycles. The molecule has 0 unspecified atom stereocenters. The number of aromatic nitrogens is 1. The number of nitrogens with zero attached hydrogens (tertiary/aromatic N) is 3. The number of nitro groups is 1. The molecule has 0 saturated heterocycles. The quantitative estimate of drug-likeness (QED) is 0.444. The van der Waals surface area contributed by atoms with Crippen LogP contribution in [0.1, 0.15) is 23.8 Å². The van der Waals surface area contributed by atoms with Crippen molar-refractivity contribution >= 4 is 17.6 Å². The van der Waals surface area contributed by atoms with Gasteiger partial charge in [0.2, 0.25) is 0 Å². The molecule has 8 nitrogen and oxygen atoms in total. The molecule has 0 aliphatic heterocycles. The van der Waals surface area contributed by atoms with Gasteiger partial charge in [0.25, 0.3) is 11.6 Å². The summed E-state index contributed by atoms with van der Waals surface area (Å²) in [6, 6.07) is 1.16. The molecule has 114 valence electrons. The molecule has 0 saturated carbocycles. The molecule has 1 aromatic rings. The average molecular weight is 295 g/mol. The fourth-order valence-electron chi connectivity index (χ4n) is 1.90. The third kappa shape index (κ3) is 4.16. The van der Waals surface area contributed by atoms with E-state index in [0.29, 0.717) is 13.0 Å². The number of aryl methyl sites for hydroxylation is 1. The molecule has 1 amide bonds. The highest BCUT2D eigenvalue weighted by atomic mass is 16.6. The van der Waals surface area contributed by atoms with Crippen molar-refractivity contribution in [3.8, 4) is 0 Å². The molecule has 0 fully saturated rings. The fraction of sp³-hybridized carbons (Fsp3) is 0.385. The largest absolute Gasteiger partial charge is 0.480 e. The van der Waals surface area contributed by atoms with E-state index in [2.05, 4.69) is 6.58 Å². The van der Waals surface area contributed by atoms with Crippen LogP contribution in [-0.4, -0.2) is 44.5 Å². The Morgan fingerprint density at radius 2 is 2.24 bits per heavy atom. The van der Waals surface area contributed by atoms with Crippen molar-refractivity contribution in [2.75, 3.05) is 13.1 Å². The van der Waals surface area contributed by atoms with Crippen LogP contribution in [0, 0.1) is 10.1 Å². The zero-order chi connectivity index (χ0) is 16.0. The molecule has 0 radical (unpaired) electrons. The van der Waals surface area contributed by atoms with E-state index in [9.17, 15) is 19.7 Å². The molecular weight excluding hydrogens is 278 g/mol. The van der Waals surface area contributed by atoms with Gasteiger partial charge in [0, 0.05) is 19.2 Å². The summed E-state index contributed by atoms with van der Waals surface area (Å²) in [4.78, 5) is 34.5. The zero-order valence-corrected chi connectivity index (χ0v) is 11.7. The number of hydrogen-bond donors (Lipinski definition) is 1. The van der Waals surface area contributed by atoms with Crippen molar-refractivity contribution in [3.63, 3.8) is 0 Å². The van der Waals surface area contributed by atoms with E-state index in [0.717, 1.165) is 11.0 Å². The second-order valence-electron chi connectivity index (χ2n) is 4.40. The minimum Gasteiger partial charge on any atom is -0.480 e. The summed E-state index contributed by atoms with van der Waals surface area (Å²) >= 11 is 0. The van der Waals surface area contributed by atoms with Gasteiger partial charge in [0.1, 0.15) is 12.2 Å². The summed E-state index contributed by atoms with van der Waals surface area (Å²) in [5.74, 6) is -1.73. The van der Waals surface area contributed by atoms with Crippen LogP contribution in [0.4, 0.5) is 5.69 Å². The Kier molecular flexibility index (Phi) is 5.65. The summed E-state index contributed by atoms with van der Waals surface area (Å²) in [5, 5.41) is 19.7. The van der Waals surface area contributed by atoms with Crippen LogP contribution in [0.3, 0.4) is 0 Å². The summed E-state index contributed by atoms with van der Waals surface area (Å²) in [6.45, 7) is 5.34. The molecule has 1 rings (SSSR count). The van der Waals surface area contributed by atoms with Crippen molar-refractivity contribution < 1.29 is 19.6 Å². The number of amides is 1. The lowest BCUT2D eigenvalue weighted by Gasteiger charge is -2.19. The summed E-state index contributed by atoms with van der Waals surface area (Å²) in [7, 11) is 0. The van der Waals surface area contributed by atoms with Crippen LogP contribution >= 0.6 is 0 Å². The van der Waals surface area contributed by atoms with Crippen LogP contribution in [0.5, 0.6) is 0 Å². The van der Waals surface area contributed by atoms with E-state index in [-0.39, 0.29) is 17.9 Å². The summed E-state index contributed by atoms with van der Waals surface area (Å²) < 4.78 is 1.47. The van der Waals surface area contributed by atoms with Gasteiger partial charge in [-0.05, 0) is 6.42 Å². The second kappa shape index (κ2) is 7.22. The molecule has 0 aliphatic rings. The topological polar surface area (TPSA) is 106 Å². The molecule has 0 aromatic carbocycles. The van der Waals surface area contributed by atoms with E-state index in [1.54, 1.807) is 0 Å². The van der Waals surface area contributed by atoms with Crippen molar-refractivity contribution in [2.45, 2.75) is 19.9 Å². The van der Waals surface area contributed by atoms with Gasteiger partial charge in [-0.3, -0.25) is 19.7 Å². The number of carbonyl (C=O) groups is 2. The van der Waals surface area contributed by atoms with Crippen molar-refractivity contribution in [1.82, 2.24) is 9.47 Å². The highest BCUT2D eigenvalue weighted by Crippen LogP contribution is 2.18. The van der Waals surface area contributed by atoms with Crippen molar-refractivity contribution in [1.29, 1.82) is 0 Å². The van der Waals surface area contributed by atoms with E-state index < -0.39 is 23.3 Å². The molecule has 21 heavy (non-hydrogen) atoms. The van der Waals surface area contributed by atoms with E-state index in [4.69, 9.17) is 5.11 Å². The summed E-state index contributed by atoms with van der Waals surface area (Å²) in [5.41, 5.74) is -0.0904. The molecule has 0 spiro atoms. The van der Waals surface area contributed by atoms with Gasteiger partial charge < -0.3 is 14.6 Å². The van der Waals surface area contributed by atoms with E-state index in [1.165, 1.54) is 16.8 Å². The Bertz CT molecular complexity index is 564. The Morgan fingerprint density at radius 3 is 2.71 bits per heavy atom. The van der Waals surface area contributed by atoms with Gasteiger partial charge in [-0.15, -0.1) is 6.58 Å². The first kappa shape index (κ1) is 16.4. The Labute approximate surface area is 121 Å². The molecule has 0 atom stereocenters. The molecule has 8 heteroatoms. The summed E-state index contributed by atoms with van der Waals surface area (Å²) in [6.07, 6.45) is 3.37. The lowest BCUT2D eigenvalue weighted by molar-refractivity contribution is -0.384. The highest BCUT2D eigenvalue weighted by Gasteiger charge is 2.24. The molecular formula is C13H17N3O5. The van der Waals surface area contributed by atoms with Crippen molar-refractivity contribution in [3.05, 3.63) is 40.7 Å². The van der Waals surface area contributed by atoms with Crippen LogP contribution < -0.4 is 0 Å². The number of carbonyl (C=O) groups excluding carboxylic acids is 1. The van der Waals surface area contributed by atoms with Gasteiger partial charge in [0.05, 0.1) is 11.1 Å². The molecule has 1 heterocycles. The van der Waals surface area contributed by atoms with E-state index in [1.807, 2.05) is 6.92 Å². The minimum atomic E-state index is -1.16. The number of carboxylic acids is 1. The lowest BCUT2D eigenvalue weighted by atomic mass is 10.3. The van der Waals surface area contributed by atoms with Gasteiger partial charge in [-0.2, -0.15) is 0 Å². The monoisotopic (exact) mass is 295 g/mol. The first-order chi connectivity index (χ1) is 9.90. The lowest BCUT2D eigenvalue weighted by Crippen LogP contribution is -2.36. The zero-order valence-electron chi connectivity index (χ0n) is 11.7. The number of hydrogen-bond acceptors (Lipinski definition) is 4. The Balaban J connectivity index is 3.15. The van der Waals surface area contributed by atoms with Gasteiger partial charge in [-0.1, -0.05) is 13.0 Å². The van der Waals surface area contributed by atoms with Crippen molar-refractivity contribution in [2.24, 2.45) is 0 Å². The van der Waals surface area contributed by atoms with Crippen LogP contribution in [-0.2, 0) is 11.3 Å². The third-order valence-corrected chi connectivity index (χ3v) is 2.74. The Hall–Kier alpha value is -2.64. The normalized spacial score (nSPS) is 10.1. The van der Waals surface area contributed by atoms with E-state index >= 15 is 0 Å². The molecule has 0 aliphatic carbocycles. The maximum Gasteiger partial charge on any atom is 0.323 e. The van der Waals surface area contributed by atoms with Crippen LogP contribution in [0.2, 0.25) is 0 Å². The molecule has 0 bridgehead atoms. The first-order valence-electron chi connectivity index (χ1n) is 6.37. The average Bonchev–Trinajstić information content (AvgIpc) is 2.81. The predicted molar refractivity (Wildman–Crippen MR) is 75.1 cm³/mol. The van der Waals surface area contributed by atoms with Gasteiger partial charge >= 0.3 is 5.97 Å². The number of rotatable bonds is 8. The fourth-order valence-corrected chi connectivity index (χ4v) is 1.90. The standard InChI is InChI=1S/C13H17N3O5/c1-3-5-14-8-10(16(20)21)7-11(14)13(19)15(6-4-2)9-12(17)18/h4,7-8H,2-3,5-6,9H2,1H3,(H,17,18). The smallest absolute Gasteiger partial charge is 0.323 e.